The first kappa shape index (κ1) is 23.8. The summed E-state index contributed by atoms with van der Waals surface area (Å²) < 4.78 is 0. The lowest BCUT2D eigenvalue weighted by atomic mass is 9.34. The Morgan fingerprint density at radius 1 is 0.875 bits per heavy atom. The molecule has 2 amide bonds. The van der Waals surface area contributed by atoms with Crippen LogP contribution in [0.15, 0.2) is 4.99 Å². The molecule has 4 aliphatic rings. The van der Waals surface area contributed by atoms with Gasteiger partial charge < -0.3 is 10.2 Å². The molecule has 6 heteroatoms. The number of nitrogens with zero attached hydrogens (tertiary/aromatic N) is 2. The molecular formula is C26H44BN3O2. The van der Waals surface area contributed by atoms with Gasteiger partial charge in [0, 0.05) is 25.9 Å². The highest BCUT2D eigenvalue weighted by Gasteiger charge is 2.34. The molecule has 1 N–H and O–H groups in total. The monoisotopic (exact) mass is 441 g/mol. The van der Waals surface area contributed by atoms with Gasteiger partial charge in [-0.3, -0.25) is 14.6 Å². The molecule has 0 spiro atoms. The fourth-order valence-electron chi connectivity index (χ4n) is 6.66. The Hall–Kier alpha value is -1.33. The van der Waals surface area contributed by atoms with Gasteiger partial charge >= 0.3 is 0 Å². The Bertz CT molecular complexity index is 651. The zero-order chi connectivity index (χ0) is 22.2. The van der Waals surface area contributed by atoms with Crippen LogP contribution >= 0.6 is 0 Å². The average Bonchev–Trinajstić information content (AvgIpc) is 2.90. The fraction of sp³-hybridized carbons (Fsp3) is 0.885. The van der Waals surface area contributed by atoms with Crippen molar-refractivity contribution in [1.82, 2.24) is 10.2 Å². The summed E-state index contributed by atoms with van der Waals surface area (Å²) in [4.78, 5) is 32.6. The van der Waals surface area contributed by atoms with Crippen molar-refractivity contribution < 1.29 is 9.59 Å². The van der Waals surface area contributed by atoms with Gasteiger partial charge in [0.15, 0.2) is 0 Å². The van der Waals surface area contributed by atoms with E-state index in [-0.39, 0.29) is 23.8 Å². The second kappa shape index (κ2) is 12.2. The standard InChI is InChI=1S/C26H44BN3O2/c31-25(30-19-17-27(18-20-30)21-11-7-3-1-4-8-12-21)16-15-24-28-23-14-10-6-2-5-9-13-22(23)26(32)29-24/h21-23H,1-20H2,(H,28,29,32). The average molecular weight is 441 g/mol. The quantitative estimate of drug-likeness (QED) is 0.588. The van der Waals surface area contributed by atoms with Crippen LogP contribution in [0.5, 0.6) is 0 Å². The molecule has 3 fully saturated rings. The summed E-state index contributed by atoms with van der Waals surface area (Å²) in [5, 5.41) is 3.04. The maximum absolute atomic E-state index is 12.9. The molecule has 0 aromatic rings. The van der Waals surface area contributed by atoms with Crippen molar-refractivity contribution in [3.05, 3.63) is 0 Å². The number of amidine groups is 1. The molecule has 178 valence electrons. The molecule has 0 bridgehead atoms. The SMILES string of the molecule is O=C1NC(CCC(=O)N2CCB(C3CCCCCCC3)CC2)=NC2CCCCCCCC12. The summed E-state index contributed by atoms with van der Waals surface area (Å²) in [6, 6.07) is 0.131. The first-order valence-corrected chi connectivity index (χ1v) is 13.9. The van der Waals surface area contributed by atoms with Gasteiger partial charge in [-0.25, -0.2) is 0 Å². The maximum atomic E-state index is 12.9. The van der Waals surface area contributed by atoms with E-state index in [1.807, 2.05) is 0 Å². The van der Waals surface area contributed by atoms with E-state index in [1.165, 1.54) is 83.3 Å². The molecule has 2 aliphatic carbocycles. The first-order chi connectivity index (χ1) is 15.7. The van der Waals surface area contributed by atoms with Crippen molar-refractivity contribution in [2.75, 3.05) is 13.1 Å². The van der Waals surface area contributed by atoms with Crippen molar-refractivity contribution in [3.8, 4) is 0 Å². The van der Waals surface area contributed by atoms with Gasteiger partial charge in [-0.15, -0.1) is 0 Å². The van der Waals surface area contributed by atoms with Gasteiger partial charge in [-0.05, 0) is 12.8 Å². The molecule has 4 rings (SSSR count). The van der Waals surface area contributed by atoms with Crippen molar-refractivity contribution in [2.24, 2.45) is 10.9 Å². The first-order valence-electron chi connectivity index (χ1n) is 13.9. The molecule has 0 radical (unpaired) electrons. The maximum Gasteiger partial charge on any atom is 0.230 e. The fourth-order valence-corrected chi connectivity index (χ4v) is 6.66. The predicted octanol–water partition coefficient (Wildman–Crippen LogP) is 5.48. The summed E-state index contributed by atoms with van der Waals surface area (Å²) in [6.45, 7) is 2.66. The van der Waals surface area contributed by atoms with E-state index in [9.17, 15) is 9.59 Å². The smallest absolute Gasteiger partial charge is 0.230 e. The Labute approximate surface area is 195 Å². The minimum absolute atomic E-state index is 0.0415. The molecule has 0 aromatic carbocycles. The van der Waals surface area contributed by atoms with E-state index in [2.05, 4.69) is 10.2 Å². The largest absolute Gasteiger partial charge is 0.344 e. The van der Waals surface area contributed by atoms with Crippen LogP contribution in [0.2, 0.25) is 18.5 Å². The topological polar surface area (TPSA) is 61.8 Å². The van der Waals surface area contributed by atoms with Crippen molar-refractivity contribution in [2.45, 2.75) is 127 Å². The van der Waals surface area contributed by atoms with Crippen LogP contribution in [-0.2, 0) is 9.59 Å². The second-order valence-corrected chi connectivity index (χ2v) is 10.9. The number of amides is 2. The normalized spacial score (nSPS) is 28.9. The van der Waals surface area contributed by atoms with Crippen molar-refractivity contribution in [1.29, 1.82) is 0 Å². The Morgan fingerprint density at radius 3 is 2.16 bits per heavy atom. The van der Waals surface area contributed by atoms with Gasteiger partial charge in [0.05, 0.1) is 12.0 Å². The number of nitrogens with one attached hydrogen (secondary N) is 1. The Kier molecular flexibility index (Phi) is 9.10. The molecule has 2 heterocycles. The number of carbonyl (C=O) groups excluding carboxylic acids is 2. The number of hydrogen-bond acceptors (Lipinski definition) is 3. The molecule has 2 saturated carbocycles. The van der Waals surface area contributed by atoms with Gasteiger partial charge in [-0.1, -0.05) is 95.5 Å². The predicted molar refractivity (Wildman–Crippen MR) is 132 cm³/mol. The van der Waals surface area contributed by atoms with Gasteiger partial charge in [-0.2, -0.15) is 0 Å². The minimum Gasteiger partial charge on any atom is -0.344 e. The molecule has 2 unspecified atom stereocenters. The molecule has 32 heavy (non-hydrogen) atoms. The van der Waals surface area contributed by atoms with E-state index < -0.39 is 0 Å². The number of rotatable bonds is 4. The van der Waals surface area contributed by atoms with Gasteiger partial charge in [0.1, 0.15) is 12.5 Å². The van der Waals surface area contributed by atoms with E-state index >= 15 is 0 Å². The van der Waals surface area contributed by atoms with Crippen LogP contribution in [0.3, 0.4) is 0 Å². The van der Waals surface area contributed by atoms with Crippen molar-refractivity contribution >= 4 is 24.4 Å². The lowest BCUT2D eigenvalue weighted by molar-refractivity contribution is -0.131. The van der Waals surface area contributed by atoms with E-state index in [4.69, 9.17) is 4.99 Å². The summed E-state index contributed by atoms with van der Waals surface area (Å²) in [5.41, 5.74) is 0. The lowest BCUT2D eigenvalue weighted by Crippen LogP contribution is -2.46. The van der Waals surface area contributed by atoms with Crippen LogP contribution in [0, 0.1) is 5.92 Å². The Balaban J connectivity index is 1.23. The second-order valence-electron chi connectivity index (χ2n) is 10.9. The summed E-state index contributed by atoms with van der Waals surface area (Å²) >= 11 is 0. The van der Waals surface area contributed by atoms with E-state index in [0.29, 0.717) is 12.8 Å². The van der Waals surface area contributed by atoms with Crippen LogP contribution in [0.1, 0.15) is 103 Å². The highest BCUT2D eigenvalue weighted by Crippen LogP contribution is 2.34. The number of hydrogen-bond donors (Lipinski definition) is 1. The van der Waals surface area contributed by atoms with Gasteiger partial charge in [0.25, 0.3) is 0 Å². The number of fused-ring (bicyclic) bond motifs is 1. The van der Waals surface area contributed by atoms with Crippen LogP contribution in [0.25, 0.3) is 0 Å². The van der Waals surface area contributed by atoms with Crippen molar-refractivity contribution in [3.63, 3.8) is 0 Å². The molecule has 2 aliphatic heterocycles. The molecule has 0 aromatic heterocycles. The summed E-state index contributed by atoms with van der Waals surface area (Å²) in [7, 11) is 0. The third-order valence-corrected chi connectivity index (χ3v) is 8.69. The van der Waals surface area contributed by atoms with E-state index in [0.717, 1.165) is 50.7 Å². The zero-order valence-electron chi connectivity index (χ0n) is 20.2. The summed E-state index contributed by atoms with van der Waals surface area (Å²) in [6.07, 6.45) is 21.3. The van der Waals surface area contributed by atoms with Crippen LogP contribution < -0.4 is 5.32 Å². The molecule has 5 nitrogen and oxygen atoms in total. The summed E-state index contributed by atoms with van der Waals surface area (Å²) in [5.74, 6) is 2.08. The molecule has 1 saturated heterocycles. The minimum atomic E-state index is 0.0415. The third-order valence-electron chi connectivity index (χ3n) is 8.69. The Morgan fingerprint density at radius 2 is 1.47 bits per heavy atom. The highest BCUT2D eigenvalue weighted by atomic mass is 16.2. The van der Waals surface area contributed by atoms with E-state index in [1.54, 1.807) is 0 Å². The lowest BCUT2D eigenvalue weighted by Gasteiger charge is -2.35. The van der Waals surface area contributed by atoms with Crippen LogP contribution in [-0.4, -0.2) is 48.4 Å². The highest BCUT2D eigenvalue weighted by molar-refractivity contribution is 6.60. The number of aliphatic imine (C=N–C) groups is 1. The molecule has 2 atom stereocenters. The molecular weight excluding hydrogens is 397 g/mol. The third kappa shape index (κ3) is 6.60. The van der Waals surface area contributed by atoms with Gasteiger partial charge in [0.2, 0.25) is 11.8 Å². The zero-order valence-corrected chi connectivity index (χ0v) is 20.2. The van der Waals surface area contributed by atoms with Crippen LogP contribution in [0.4, 0.5) is 0 Å². The number of carbonyl (C=O) groups is 2.